The molecule has 1 aromatic heterocycles. The number of anilines is 1. The Balaban J connectivity index is 2.10. The molecule has 0 aliphatic heterocycles. The molecule has 25 heavy (non-hydrogen) atoms. The summed E-state index contributed by atoms with van der Waals surface area (Å²) < 4.78 is 1.60. The van der Waals surface area contributed by atoms with Crippen molar-refractivity contribution >= 4 is 12.2 Å². The van der Waals surface area contributed by atoms with Gasteiger partial charge in [0.2, 0.25) is 5.95 Å². The van der Waals surface area contributed by atoms with Gasteiger partial charge >= 0.3 is 0 Å². The van der Waals surface area contributed by atoms with Crippen molar-refractivity contribution in [3.05, 3.63) is 47.3 Å². The number of benzene rings is 1. The summed E-state index contributed by atoms with van der Waals surface area (Å²) in [6.07, 6.45) is 3.65. The van der Waals surface area contributed by atoms with Crippen molar-refractivity contribution in [2.75, 3.05) is 18.8 Å². The third kappa shape index (κ3) is 6.35. The second kappa shape index (κ2) is 8.81. The van der Waals surface area contributed by atoms with Gasteiger partial charge in [0, 0.05) is 19.6 Å². The standard InChI is InChI=1S/C20H31N5/c1-15(2)11-24(12-16(3)4)14-19-8-6-7-18(9-19)10-22-25-13-17(5)23-20(25)21/h6-10,13,15-16H,11-12,14H2,1-5H3,(H2,21,23). The zero-order valence-electron chi connectivity index (χ0n) is 16.1. The lowest BCUT2D eigenvalue weighted by molar-refractivity contribution is 0.211. The first-order valence-electron chi connectivity index (χ1n) is 9.00. The summed E-state index contributed by atoms with van der Waals surface area (Å²) in [6, 6.07) is 8.52. The molecule has 5 heteroatoms. The fourth-order valence-electron chi connectivity index (χ4n) is 2.99. The van der Waals surface area contributed by atoms with Crippen LogP contribution in [-0.4, -0.2) is 33.9 Å². The molecule has 0 unspecified atom stereocenters. The van der Waals surface area contributed by atoms with Crippen molar-refractivity contribution in [3.63, 3.8) is 0 Å². The number of nitrogens with zero attached hydrogens (tertiary/aromatic N) is 4. The molecule has 0 fully saturated rings. The Morgan fingerprint density at radius 3 is 2.44 bits per heavy atom. The minimum absolute atomic E-state index is 0.407. The van der Waals surface area contributed by atoms with Crippen LogP contribution in [0.5, 0.6) is 0 Å². The maximum atomic E-state index is 5.83. The van der Waals surface area contributed by atoms with E-state index in [1.165, 1.54) is 5.56 Å². The topological polar surface area (TPSA) is 59.4 Å². The number of hydrogen-bond donors (Lipinski definition) is 1. The van der Waals surface area contributed by atoms with Crippen molar-refractivity contribution in [2.24, 2.45) is 16.9 Å². The van der Waals surface area contributed by atoms with Crippen LogP contribution in [0.1, 0.15) is 44.5 Å². The molecule has 2 N–H and O–H groups in total. The van der Waals surface area contributed by atoms with Gasteiger partial charge in [0.25, 0.3) is 0 Å². The lowest BCUT2D eigenvalue weighted by Crippen LogP contribution is -2.30. The lowest BCUT2D eigenvalue weighted by Gasteiger charge is -2.26. The van der Waals surface area contributed by atoms with Crippen LogP contribution < -0.4 is 5.73 Å². The number of nitrogens with two attached hydrogens (primary N) is 1. The molecule has 0 radical (unpaired) electrons. The highest BCUT2D eigenvalue weighted by Crippen LogP contribution is 2.12. The average Bonchev–Trinajstić information content (AvgIpc) is 2.82. The zero-order chi connectivity index (χ0) is 18.4. The molecular formula is C20H31N5. The third-order valence-electron chi connectivity index (χ3n) is 3.77. The van der Waals surface area contributed by atoms with Crippen molar-refractivity contribution in [1.82, 2.24) is 14.6 Å². The molecule has 1 aromatic carbocycles. The summed E-state index contributed by atoms with van der Waals surface area (Å²) in [6.45, 7) is 14.2. The number of nitrogen functional groups attached to an aromatic ring is 1. The second-order valence-electron chi connectivity index (χ2n) is 7.56. The summed E-state index contributed by atoms with van der Waals surface area (Å²) in [4.78, 5) is 6.69. The zero-order valence-corrected chi connectivity index (χ0v) is 16.1. The molecule has 0 saturated carbocycles. The van der Waals surface area contributed by atoms with Gasteiger partial charge in [0.1, 0.15) is 0 Å². The number of aryl methyl sites for hydroxylation is 1. The fourth-order valence-corrected chi connectivity index (χ4v) is 2.99. The third-order valence-corrected chi connectivity index (χ3v) is 3.77. The maximum absolute atomic E-state index is 5.83. The summed E-state index contributed by atoms with van der Waals surface area (Å²) in [5, 5.41) is 4.40. The van der Waals surface area contributed by atoms with E-state index in [0.717, 1.165) is 30.9 Å². The van der Waals surface area contributed by atoms with E-state index < -0.39 is 0 Å². The number of aromatic nitrogens is 2. The summed E-state index contributed by atoms with van der Waals surface area (Å²) in [5.41, 5.74) is 9.06. The Labute approximate surface area is 151 Å². The van der Waals surface area contributed by atoms with Gasteiger partial charge in [0.05, 0.1) is 18.1 Å². The molecule has 0 saturated heterocycles. The van der Waals surface area contributed by atoms with Crippen LogP contribution in [0.25, 0.3) is 0 Å². The van der Waals surface area contributed by atoms with Crippen molar-refractivity contribution in [1.29, 1.82) is 0 Å². The van der Waals surface area contributed by atoms with Crippen LogP contribution in [0.2, 0.25) is 0 Å². The monoisotopic (exact) mass is 341 g/mol. The van der Waals surface area contributed by atoms with Gasteiger partial charge in [-0.2, -0.15) is 5.10 Å². The molecule has 0 bridgehead atoms. The van der Waals surface area contributed by atoms with E-state index in [0.29, 0.717) is 17.8 Å². The second-order valence-corrected chi connectivity index (χ2v) is 7.56. The fraction of sp³-hybridized carbons (Fsp3) is 0.500. The number of rotatable bonds is 8. The van der Waals surface area contributed by atoms with Crippen LogP contribution in [0.15, 0.2) is 35.6 Å². The minimum Gasteiger partial charge on any atom is -0.368 e. The molecule has 0 amide bonds. The van der Waals surface area contributed by atoms with Gasteiger partial charge in [-0.3, -0.25) is 4.90 Å². The lowest BCUT2D eigenvalue weighted by atomic mass is 10.1. The van der Waals surface area contributed by atoms with E-state index in [1.807, 2.05) is 19.3 Å². The smallest absolute Gasteiger partial charge is 0.221 e. The van der Waals surface area contributed by atoms with Crippen molar-refractivity contribution in [3.8, 4) is 0 Å². The Bertz CT molecular complexity index is 690. The molecule has 0 atom stereocenters. The molecule has 5 nitrogen and oxygen atoms in total. The van der Waals surface area contributed by atoms with Crippen LogP contribution in [0.3, 0.4) is 0 Å². The highest BCUT2D eigenvalue weighted by atomic mass is 15.4. The normalized spacial score (nSPS) is 12.2. The molecule has 2 aromatic rings. The van der Waals surface area contributed by atoms with E-state index in [4.69, 9.17) is 5.73 Å². The summed E-state index contributed by atoms with van der Waals surface area (Å²) in [5.74, 6) is 1.73. The van der Waals surface area contributed by atoms with Gasteiger partial charge in [-0.15, -0.1) is 0 Å². The van der Waals surface area contributed by atoms with E-state index >= 15 is 0 Å². The van der Waals surface area contributed by atoms with E-state index in [2.05, 4.69) is 66.9 Å². The predicted molar refractivity (Wildman–Crippen MR) is 106 cm³/mol. The first-order chi connectivity index (χ1) is 11.8. The van der Waals surface area contributed by atoms with Crippen LogP contribution in [0.4, 0.5) is 5.95 Å². The van der Waals surface area contributed by atoms with Gasteiger partial charge in [-0.1, -0.05) is 45.9 Å². The Morgan fingerprint density at radius 1 is 1.20 bits per heavy atom. The van der Waals surface area contributed by atoms with Crippen molar-refractivity contribution < 1.29 is 0 Å². The molecule has 136 valence electrons. The molecule has 0 spiro atoms. The van der Waals surface area contributed by atoms with E-state index in [9.17, 15) is 0 Å². The first-order valence-corrected chi connectivity index (χ1v) is 9.00. The summed E-state index contributed by atoms with van der Waals surface area (Å²) in [7, 11) is 0. The highest BCUT2D eigenvalue weighted by Gasteiger charge is 2.10. The Hall–Kier alpha value is -2.14. The van der Waals surface area contributed by atoms with Gasteiger partial charge < -0.3 is 5.73 Å². The molecule has 2 rings (SSSR count). The average molecular weight is 342 g/mol. The molecule has 1 heterocycles. The predicted octanol–water partition coefficient (Wildman–Crippen LogP) is 3.77. The van der Waals surface area contributed by atoms with Crippen LogP contribution in [0, 0.1) is 18.8 Å². The minimum atomic E-state index is 0.407. The SMILES string of the molecule is Cc1cn(N=Cc2cccc(CN(CC(C)C)CC(C)C)c2)c(N)n1. The van der Waals surface area contributed by atoms with Gasteiger partial charge in [-0.05, 0) is 36.0 Å². The quantitative estimate of drug-likeness (QED) is 0.744. The van der Waals surface area contributed by atoms with E-state index in [1.54, 1.807) is 4.68 Å². The number of imidazole rings is 1. The van der Waals surface area contributed by atoms with Gasteiger partial charge in [-0.25, -0.2) is 9.66 Å². The Kier molecular flexibility index (Phi) is 6.76. The Morgan fingerprint density at radius 2 is 1.88 bits per heavy atom. The van der Waals surface area contributed by atoms with E-state index in [-0.39, 0.29) is 0 Å². The van der Waals surface area contributed by atoms with Gasteiger partial charge in [0.15, 0.2) is 0 Å². The molecular weight excluding hydrogens is 310 g/mol. The van der Waals surface area contributed by atoms with Crippen LogP contribution in [-0.2, 0) is 6.54 Å². The highest BCUT2D eigenvalue weighted by molar-refractivity contribution is 5.79. The van der Waals surface area contributed by atoms with Crippen molar-refractivity contribution in [2.45, 2.75) is 41.2 Å². The molecule has 0 aliphatic rings. The number of hydrogen-bond acceptors (Lipinski definition) is 4. The summed E-state index contributed by atoms with van der Waals surface area (Å²) >= 11 is 0. The van der Waals surface area contributed by atoms with Crippen LogP contribution >= 0.6 is 0 Å². The first kappa shape index (κ1) is 19.2. The largest absolute Gasteiger partial charge is 0.368 e. The molecule has 0 aliphatic carbocycles. The maximum Gasteiger partial charge on any atom is 0.221 e.